The molecule has 0 saturated carbocycles. The van der Waals surface area contributed by atoms with Gasteiger partial charge in [-0.05, 0) is 12.8 Å². The molecule has 0 amide bonds. The molecular weight excluding hydrogens is 216 g/mol. The maximum atomic E-state index is 5.74. The Labute approximate surface area is 104 Å². The lowest BCUT2D eigenvalue weighted by molar-refractivity contribution is -0.0904. The minimum atomic E-state index is -0.188. The molecule has 0 saturated heterocycles. The van der Waals surface area contributed by atoms with E-state index in [2.05, 4.69) is 20.8 Å². The van der Waals surface area contributed by atoms with E-state index in [0.717, 1.165) is 26.1 Å². The first-order valence-electron chi connectivity index (χ1n) is 7.08. The van der Waals surface area contributed by atoms with Crippen LogP contribution in [-0.2, 0) is 9.47 Å². The van der Waals surface area contributed by atoms with E-state index >= 15 is 0 Å². The van der Waals surface area contributed by atoms with E-state index < -0.39 is 0 Å². The van der Waals surface area contributed by atoms with Crippen LogP contribution in [0.3, 0.4) is 0 Å². The van der Waals surface area contributed by atoms with E-state index in [1.165, 1.54) is 31.7 Å². The van der Waals surface area contributed by atoms with E-state index in [9.17, 15) is 0 Å². The van der Waals surface area contributed by atoms with Crippen molar-refractivity contribution in [2.75, 3.05) is 13.2 Å². The first-order valence-corrected chi connectivity index (χ1v) is 8.89. The number of unbranched alkanes of at least 4 members (excludes halogenated alkanes) is 3. The minimum absolute atomic E-state index is 0.182. The van der Waals surface area contributed by atoms with Crippen LogP contribution >= 0.6 is 0 Å². The van der Waals surface area contributed by atoms with Crippen LogP contribution in [0.25, 0.3) is 0 Å². The van der Waals surface area contributed by atoms with Gasteiger partial charge in [0.1, 0.15) is 5.91 Å². The monoisotopic (exact) mass is 246 g/mol. The van der Waals surface area contributed by atoms with Crippen molar-refractivity contribution in [1.82, 2.24) is 0 Å². The van der Waals surface area contributed by atoms with Crippen molar-refractivity contribution in [2.24, 2.45) is 0 Å². The van der Waals surface area contributed by atoms with Gasteiger partial charge >= 0.3 is 0 Å². The molecule has 0 aromatic rings. The third-order valence-corrected chi connectivity index (χ3v) is 4.41. The normalized spacial score (nSPS) is 12.0. The van der Waals surface area contributed by atoms with Gasteiger partial charge < -0.3 is 9.47 Å². The van der Waals surface area contributed by atoms with Crippen LogP contribution in [-0.4, -0.2) is 28.6 Å². The van der Waals surface area contributed by atoms with Crippen LogP contribution in [0.1, 0.15) is 59.3 Å². The number of rotatable bonds is 12. The summed E-state index contributed by atoms with van der Waals surface area (Å²) < 4.78 is 11.5. The van der Waals surface area contributed by atoms with Gasteiger partial charge in [0.25, 0.3) is 0 Å². The molecule has 0 atom stereocenters. The Morgan fingerprint density at radius 2 is 1.44 bits per heavy atom. The van der Waals surface area contributed by atoms with Crippen molar-refractivity contribution in [3.63, 3.8) is 0 Å². The predicted octanol–water partition coefficient (Wildman–Crippen LogP) is 3.29. The summed E-state index contributed by atoms with van der Waals surface area (Å²) in [6.45, 7) is 8.28. The van der Waals surface area contributed by atoms with Gasteiger partial charge in [-0.3, -0.25) is 0 Å². The summed E-state index contributed by atoms with van der Waals surface area (Å²) in [5.41, 5.74) is 0. The summed E-state index contributed by atoms with van der Waals surface area (Å²) in [7, 11) is -0.188. The molecule has 0 aliphatic heterocycles. The maximum absolute atomic E-state index is 5.74. The highest BCUT2D eigenvalue weighted by Gasteiger charge is 2.08. The Morgan fingerprint density at radius 3 is 1.94 bits per heavy atom. The second-order valence-electron chi connectivity index (χ2n) is 4.37. The molecule has 0 unspecified atom stereocenters. The summed E-state index contributed by atoms with van der Waals surface area (Å²) in [4.78, 5) is 0. The molecule has 2 nitrogen and oxygen atoms in total. The molecule has 0 aromatic heterocycles. The van der Waals surface area contributed by atoms with Gasteiger partial charge in [-0.15, -0.1) is 0 Å². The molecule has 0 fully saturated rings. The molecule has 98 valence electrons. The highest BCUT2D eigenvalue weighted by Crippen LogP contribution is 2.06. The average Bonchev–Trinajstić information content (AvgIpc) is 2.31. The molecule has 0 aliphatic rings. The van der Waals surface area contributed by atoms with Gasteiger partial charge in [0, 0.05) is 13.2 Å². The van der Waals surface area contributed by atoms with Gasteiger partial charge in [-0.25, -0.2) is 0 Å². The van der Waals surface area contributed by atoms with E-state index in [-0.39, 0.29) is 15.4 Å². The van der Waals surface area contributed by atoms with Crippen molar-refractivity contribution in [2.45, 2.75) is 71.3 Å². The van der Waals surface area contributed by atoms with E-state index in [1.54, 1.807) is 0 Å². The smallest absolute Gasteiger partial charge is 0.134 e. The number of hydrogen-bond donors (Lipinski definition) is 0. The van der Waals surface area contributed by atoms with E-state index in [4.69, 9.17) is 9.47 Å². The fraction of sp³-hybridized carbons (Fsp3) is 1.00. The summed E-state index contributed by atoms with van der Waals surface area (Å²) in [6, 6.07) is 1.37. The lowest BCUT2D eigenvalue weighted by Crippen LogP contribution is -2.25. The van der Waals surface area contributed by atoms with Crippen LogP contribution < -0.4 is 0 Å². The lowest BCUT2D eigenvalue weighted by Gasteiger charge is -2.17. The third-order valence-electron chi connectivity index (χ3n) is 2.56. The quantitative estimate of drug-likeness (QED) is 0.299. The second kappa shape index (κ2) is 13.2. The van der Waals surface area contributed by atoms with Gasteiger partial charge in [-0.2, -0.15) is 0 Å². The number of hydrogen-bond acceptors (Lipinski definition) is 2. The van der Waals surface area contributed by atoms with Crippen molar-refractivity contribution in [3.8, 4) is 0 Å². The van der Waals surface area contributed by atoms with Crippen LogP contribution in [0.15, 0.2) is 0 Å². The highest BCUT2D eigenvalue weighted by molar-refractivity contribution is 6.36. The summed E-state index contributed by atoms with van der Waals surface area (Å²) in [5, 5.41) is 0. The Hall–Kier alpha value is 0.137. The van der Waals surface area contributed by atoms with Crippen molar-refractivity contribution in [1.29, 1.82) is 0 Å². The Kier molecular flexibility index (Phi) is 13.3. The zero-order valence-electron chi connectivity index (χ0n) is 11.5. The average molecular weight is 246 g/mol. The fourth-order valence-corrected chi connectivity index (χ4v) is 3.27. The molecule has 3 heteroatoms. The molecular formula is C13H30O2Si. The van der Waals surface area contributed by atoms with Crippen LogP contribution in [0.5, 0.6) is 0 Å². The first-order chi connectivity index (χ1) is 7.85. The molecule has 0 N–H and O–H groups in total. The second-order valence-corrected chi connectivity index (χ2v) is 6.33. The van der Waals surface area contributed by atoms with Gasteiger partial charge in [0.15, 0.2) is 0 Å². The molecule has 0 radical (unpaired) electrons. The molecule has 0 rings (SSSR count). The summed E-state index contributed by atoms with van der Waals surface area (Å²) >= 11 is 0. The predicted molar refractivity (Wildman–Crippen MR) is 73.8 cm³/mol. The van der Waals surface area contributed by atoms with Gasteiger partial charge in [0.05, 0.1) is 9.52 Å². The van der Waals surface area contributed by atoms with Crippen LogP contribution in [0.4, 0.5) is 0 Å². The first kappa shape index (κ1) is 16.1. The lowest BCUT2D eigenvalue weighted by atomic mass is 10.2. The highest BCUT2D eigenvalue weighted by atomic mass is 28.2. The fourth-order valence-electron chi connectivity index (χ4n) is 1.63. The van der Waals surface area contributed by atoms with Crippen molar-refractivity contribution >= 4 is 9.52 Å². The molecule has 0 spiro atoms. The summed E-state index contributed by atoms with van der Waals surface area (Å²) in [6.07, 6.45) is 7.65. The van der Waals surface area contributed by atoms with Crippen molar-refractivity contribution < 1.29 is 9.47 Å². The molecule has 0 heterocycles. The maximum Gasteiger partial charge on any atom is 0.134 e. The zero-order valence-corrected chi connectivity index (χ0v) is 12.9. The summed E-state index contributed by atoms with van der Waals surface area (Å²) in [5.74, 6) is 0.182. The van der Waals surface area contributed by atoms with Crippen LogP contribution in [0.2, 0.25) is 6.04 Å². The molecule has 0 bridgehead atoms. The zero-order chi connectivity index (χ0) is 12.1. The van der Waals surface area contributed by atoms with Gasteiger partial charge in [-0.1, -0.05) is 52.5 Å². The standard InChI is InChI=1S/C13H30O2Si/c1-4-7-8-9-12-16-13(14-10-5-2)15-11-6-3/h13H,4-12,16H2,1-3H3. The molecule has 0 aliphatic carbocycles. The van der Waals surface area contributed by atoms with E-state index in [0.29, 0.717) is 0 Å². The Bertz CT molecular complexity index is 123. The van der Waals surface area contributed by atoms with Crippen molar-refractivity contribution in [3.05, 3.63) is 0 Å². The Balaban J connectivity index is 3.48. The molecule has 0 aromatic carbocycles. The minimum Gasteiger partial charge on any atom is -0.357 e. The van der Waals surface area contributed by atoms with E-state index in [1.807, 2.05) is 0 Å². The SMILES string of the molecule is CCCCCC[SiH2]C(OCCC)OCCC. The van der Waals surface area contributed by atoms with Crippen LogP contribution in [0, 0.1) is 0 Å². The van der Waals surface area contributed by atoms with Gasteiger partial charge in [0.2, 0.25) is 0 Å². The number of ether oxygens (including phenoxy) is 2. The third kappa shape index (κ3) is 10.6. The topological polar surface area (TPSA) is 18.5 Å². The molecule has 16 heavy (non-hydrogen) atoms. The Morgan fingerprint density at radius 1 is 0.812 bits per heavy atom. The largest absolute Gasteiger partial charge is 0.357 e.